The second-order valence-corrected chi connectivity index (χ2v) is 12.8. The lowest BCUT2D eigenvalue weighted by atomic mass is 9.62. The third-order valence-electron chi connectivity index (χ3n) is 8.48. The Morgan fingerprint density at radius 3 is 2.20 bits per heavy atom. The smallest absolute Gasteiger partial charge is 0.310 e. The molecule has 0 unspecified atom stereocenters. The van der Waals surface area contributed by atoms with Gasteiger partial charge in [-0.3, -0.25) is 9.52 Å². The molecule has 0 radical (unpaired) electrons. The number of rotatable bonds is 10. The Hall–Kier alpha value is -4.52. The lowest BCUT2D eigenvalue weighted by molar-refractivity contribution is -0.141. The van der Waals surface area contributed by atoms with Crippen molar-refractivity contribution in [3.63, 3.8) is 0 Å². The van der Waals surface area contributed by atoms with E-state index in [4.69, 9.17) is 28.4 Å². The quantitative estimate of drug-likeness (QED) is 0.280. The van der Waals surface area contributed by atoms with Crippen LogP contribution >= 0.6 is 0 Å². The van der Waals surface area contributed by atoms with Crippen molar-refractivity contribution in [1.29, 1.82) is 0 Å². The van der Waals surface area contributed by atoms with Crippen LogP contribution in [0.25, 0.3) is 0 Å². The Morgan fingerprint density at radius 2 is 1.57 bits per heavy atom. The summed E-state index contributed by atoms with van der Waals surface area (Å²) in [4.78, 5) is 13.4. The summed E-state index contributed by atoms with van der Waals surface area (Å²) in [5.74, 6) is 0.664. The molecule has 0 spiro atoms. The van der Waals surface area contributed by atoms with Crippen LogP contribution < -0.4 is 33.7 Å². The molecular weight excluding hydrogens is 592 g/mol. The first-order valence-corrected chi connectivity index (χ1v) is 16.0. The molecule has 3 N–H and O–H groups in total. The van der Waals surface area contributed by atoms with Gasteiger partial charge in [0.25, 0.3) is 0 Å². The monoisotopic (exact) mass is 626 g/mol. The molecule has 4 atom stereocenters. The number of phenols is 1. The first kappa shape index (κ1) is 29.5. The second-order valence-electron chi connectivity index (χ2n) is 11.0. The van der Waals surface area contributed by atoms with Gasteiger partial charge in [-0.15, -0.1) is 0 Å². The van der Waals surface area contributed by atoms with Crippen LogP contribution in [0.4, 0.5) is 11.4 Å². The molecule has 1 aliphatic carbocycles. The molecule has 3 aliphatic rings. The van der Waals surface area contributed by atoms with E-state index < -0.39 is 21.9 Å². The fourth-order valence-corrected chi connectivity index (χ4v) is 7.17. The molecule has 0 aromatic heterocycles. The van der Waals surface area contributed by atoms with E-state index in [0.29, 0.717) is 41.6 Å². The van der Waals surface area contributed by atoms with Gasteiger partial charge in [0.15, 0.2) is 23.0 Å². The molecule has 13 heteroatoms. The molecule has 3 aromatic rings. The van der Waals surface area contributed by atoms with Crippen LogP contribution in [0.3, 0.4) is 0 Å². The molecule has 0 saturated carbocycles. The summed E-state index contributed by atoms with van der Waals surface area (Å²) >= 11 is 0. The van der Waals surface area contributed by atoms with Gasteiger partial charge in [-0.1, -0.05) is 0 Å². The Bertz CT molecular complexity index is 1680. The zero-order valence-electron chi connectivity index (χ0n) is 24.7. The van der Waals surface area contributed by atoms with Crippen LogP contribution in [0, 0.1) is 11.8 Å². The molecular formula is C31H34N2O10S. The number of carbonyl (C=O) groups is 1. The number of esters is 1. The van der Waals surface area contributed by atoms with Gasteiger partial charge in [-0.2, -0.15) is 0 Å². The highest BCUT2D eigenvalue weighted by atomic mass is 32.2. The molecule has 2 aliphatic heterocycles. The summed E-state index contributed by atoms with van der Waals surface area (Å²) in [5.41, 5.74) is 3.76. The van der Waals surface area contributed by atoms with Crippen LogP contribution in [0.15, 0.2) is 42.5 Å². The largest absolute Gasteiger partial charge is 0.502 e. The Labute approximate surface area is 255 Å². The van der Waals surface area contributed by atoms with Gasteiger partial charge in [-0.05, 0) is 65.4 Å². The average Bonchev–Trinajstić information content (AvgIpc) is 3.62. The highest BCUT2D eigenvalue weighted by Crippen LogP contribution is 2.57. The molecule has 0 bridgehead atoms. The minimum absolute atomic E-state index is 0.0715. The number of methoxy groups -OCH3 is 3. The number of hydrogen-bond donors (Lipinski definition) is 3. The summed E-state index contributed by atoms with van der Waals surface area (Å²) in [6, 6.07) is 12.4. The Kier molecular flexibility index (Phi) is 7.74. The van der Waals surface area contributed by atoms with E-state index in [1.165, 1.54) is 21.3 Å². The third kappa shape index (κ3) is 5.36. The zero-order valence-corrected chi connectivity index (χ0v) is 25.5. The van der Waals surface area contributed by atoms with Gasteiger partial charge < -0.3 is 38.8 Å². The van der Waals surface area contributed by atoms with Crippen LogP contribution in [-0.2, 0) is 19.6 Å². The topological polar surface area (TPSA) is 151 Å². The predicted molar refractivity (Wildman–Crippen MR) is 161 cm³/mol. The molecule has 1 saturated heterocycles. The maximum Gasteiger partial charge on any atom is 0.310 e. The van der Waals surface area contributed by atoms with Crippen molar-refractivity contribution in [2.24, 2.45) is 11.8 Å². The van der Waals surface area contributed by atoms with Gasteiger partial charge in [0.2, 0.25) is 22.6 Å². The van der Waals surface area contributed by atoms with E-state index in [-0.39, 0.29) is 48.5 Å². The molecule has 3 aromatic carbocycles. The number of hydrogen-bond acceptors (Lipinski definition) is 11. The number of phenolic OH excluding ortho intramolecular Hbond substituents is 1. The number of ether oxygens (including phenoxy) is 6. The van der Waals surface area contributed by atoms with Gasteiger partial charge in [0.1, 0.15) is 5.75 Å². The Balaban J connectivity index is 1.36. The second kappa shape index (κ2) is 11.5. The molecule has 6 rings (SSSR count). The third-order valence-corrected chi connectivity index (χ3v) is 9.08. The minimum Gasteiger partial charge on any atom is -0.502 e. The van der Waals surface area contributed by atoms with E-state index in [1.807, 2.05) is 12.1 Å². The van der Waals surface area contributed by atoms with Crippen molar-refractivity contribution >= 4 is 27.4 Å². The fourth-order valence-electron chi connectivity index (χ4n) is 6.62. The van der Waals surface area contributed by atoms with Crippen LogP contribution in [0.5, 0.6) is 34.5 Å². The van der Waals surface area contributed by atoms with E-state index in [2.05, 4.69) is 10.0 Å². The number of aromatic hydroxyl groups is 1. The Morgan fingerprint density at radius 1 is 0.909 bits per heavy atom. The van der Waals surface area contributed by atoms with Gasteiger partial charge in [-0.25, -0.2) is 8.42 Å². The van der Waals surface area contributed by atoms with Gasteiger partial charge >= 0.3 is 5.97 Å². The summed E-state index contributed by atoms with van der Waals surface area (Å²) in [7, 11) is 1.01. The zero-order chi connectivity index (χ0) is 31.2. The fraction of sp³-hybridized carbons (Fsp3) is 0.387. The molecule has 12 nitrogen and oxygen atoms in total. The number of anilines is 2. The van der Waals surface area contributed by atoms with Crippen molar-refractivity contribution in [3.8, 4) is 34.5 Å². The maximum atomic E-state index is 13.4. The highest BCUT2D eigenvalue weighted by Gasteiger charge is 2.52. The molecule has 0 amide bonds. The van der Waals surface area contributed by atoms with Crippen molar-refractivity contribution in [3.05, 3.63) is 59.2 Å². The lowest BCUT2D eigenvalue weighted by Gasteiger charge is -2.39. The van der Waals surface area contributed by atoms with Crippen LogP contribution in [0.1, 0.15) is 34.9 Å². The molecule has 2 heterocycles. The van der Waals surface area contributed by atoms with Crippen molar-refractivity contribution in [2.75, 3.05) is 57.6 Å². The normalized spacial score (nSPS) is 21.6. The number of cyclic esters (lactones) is 1. The summed E-state index contributed by atoms with van der Waals surface area (Å²) in [6.07, 6.45) is 1.73. The lowest BCUT2D eigenvalue weighted by Crippen LogP contribution is -2.35. The van der Waals surface area contributed by atoms with Crippen LogP contribution in [-0.4, -0.2) is 67.0 Å². The van der Waals surface area contributed by atoms with Crippen molar-refractivity contribution in [2.45, 2.75) is 18.3 Å². The number of fused-ring (bicyclic) bond motifs is 3. The van der Waals surface area contributed by atoms with Crippen molar-refractivity contribution in [1.82, 2.24) is 0 Å². The summed E-state index contributed by atoms with van der Waals surface area (Å²) < 4.78 is 59.4. The minimum atomic E-state index is -3.44. The average molecular weight is 627 g/mol. The van der Waals surface area contributed by atoms with E-state index in [9.17, 15) is 18.3 Å². The van der Waals surface area contributed by atoms with Crippen LogP contribution in [0.2, 0.25) is 0 Å². The number of carbonyl (C=O) groups excluding carboxylic acids is 1. The first-order chi connectivity index (χ1) is 21.1. The predicted octanol–water partition coefficient (Wildman–Crippen LogP) is 4.04. The highest BCUT2D eigenvalue weighted by molar-refractivity contribution is 7.92. The van der Waals surface area contributed by atoms with E-state index in [1.54, 1.807) is 30.3 Å². The van der Waals surface area contributed by atoms with E-state index in [0.717, 1.165) is 22.9 Å². The summed E-state index contributed by atoms with van der Waals surface area (Å²) in [5, 5.41) is 14.0. The van der Waals surface area contributed by atoms with Gasteiger partial charge in [0, 0.05) is 24.4 Å². The summed E-state index contributed by atoms with van der Waals surface area (Å²) in [6.45, 7) is 0.894. The van der Waals surface area contributed by atoms with Gasteiger partial charge in [0.05, 0.1) is 51.5 Å². The molecule has 44 heavy (non-hydrogen) atoms. The standard InChI is InChI=1S/C31H34N2O10S/c1-38-23-11-17(33-44(4,36)37)5-6-22(23)32-8-7-18-19-12-24-25(43-15-42-24)13-20(19)28(29-21(18)14-41-31(29)35)16-9-26(39-2)30(34)27(10-16)40-3/h5-6,9-13,18,21,28-29,32-34H,7-8,14-15H2,1-4H3/t18-,21-,28-,29+/m1/s1. The molecule has 1 fully saturated rings. The SMILES string of the molecule is COc1cc(NS(C)(=O)=O)ccc1NCC[C@@H]1c2cc3c(cc2[C@@H](c2cc(OC)c(O)c(OC)c2)[C@H]2C(=O)OC[C@@H]21)OCO3. The number of benzene rings is 3. The molecule has 234 valence electrons. The number of nitrogens with one attached hydrogen (secondary N) is 2. The van der Waals surface area contributed by atoms with Crippen molar-refractivity contribution < 1.29 is 46.7 Å². The number of sulfonamides is 1. The first-order valence-electron chi connectivity index (χ1n) is 14.1. The van der Waals surface area contributed by atoms with E-state index >= 15 is 0 Å². The maximum absolute atomic E-state index is 13.4.